The Labute approximate surface area is 85.2 Å². The molecule has 0 saturated heterocycles. The summed E-state index contributed by atoms with van der Waals surface area (Å²) in [5.74, 6) is 0.532. The second kappa shape index (κ2) is 4.55. The number of methoxy groups -OCH3 is 1. The Balaban J connectivity index is 2.94. The summed E-state index contributed by atoms with van der Waals surface area (Å²) in [6.07, 6.45) is 1.65. The summed E-state index contributed by atoms with van der Waals surface area (Å²) in [5, 5.41) is 10.1. The number of rotatable bonds is 3. The zero-order chi connectivity index (χ0) is 9.84. The molecule has 0 amide bonds. The van der Waals surface area contributed by atoms with E-state index in [1.54, 1.807) is 20.4 Å². The molecule has 0 aromatic carbocycles. The van der Waals surface area contributed by atoms with Gasteiger partial charge in [-0.25, -0.2) is 4.98 Å². The van der Waals surface area contributed by atoms with Crippen LogP contribution >= 0.6 is 15.9 Å². The van der Waals surface area contributed by atoms with Crippen molar-refractivity contribution >= 4 is 15.9 Å². The van der Waals surface area contributed by atoms with E-state index in [2.05, 4.69) is 20.9 Å². The number of halogens is 1. The maximum atomic E-state index is 9.05. The van der Waals surface area contributed by atoms with Crippen molar-refractivity contribution in [2.24, 2.45) is 0 Å². The van der Waals surface area contributed by atoms with Gasteiger partial charge in [-0.1, -0.05) is 0 Å². The molecule has 1 rings (SSSR count). The van der Waals surface area contributed by atoms with Crippen LogP contribution in [0.3, 0.4) is 0 Å². The van der Waals surface area contributed by atoms with E-state index in [0.717, 1.165) is 15.1 Å². The second-order valence-corrected chi connectivity index (χ2v) is 3.55. The largest absolute Gasteiger partial charge is 0.481 e. The van der Waals surface area contributed by atoms with Crippen molar-refractivity contribution in [3.8, 4) is 5.88 Å². The Bertz CT molecular complexity index is 291. The van der Waals surface area contributed by atoms with Crippen LogP contribution in [-0.2, 0) is 6.54 Å². The second-order valence-electron chi connectivity index (χ2n) is 2.64. The van der Waals surface area contributed by atoms with Crippen molar-refractivity contribution in [1.82, 2.24) is 10.0 Å². The average molecular weight is 247 g/mol. The molecule has 72 valence electrons. The molecule has 1 N–H and O–H groups in total. The SMILES string of the molecule is COc1ncc(Br)cc1CN(C)O. The number of ether oxygens (including phenoxy) is 1. The summed E-state index contributed by atoms with van der Waals surface area (Å²) in [4.78, 5) is 4.04. The van der Waals surface area contributed by atoms with Gasteiger partial charge in [-0.15, -0.1) is 0 Å². The molecule has 0 aliphatic rings. The third-order valence-corrected chi connectivity index (χ3v) is 1.92. The molecule has 1 aromatic heterocycles. The summed E-state index contributed by atoms with van der Waals surface area (Å²) < 4.78 is 5.90. The summed E-state index contributed by atoms with van der Waals surface area (Å²) in [6, 6.07) is 1.86. The standard InChI is InChI=1S/C8H11BrN2O2/c1-11(12)5-6-3-7(9)4-10-8(6)13-2/h3-4,12H,5H2,1-2H3. The van der Waals surface area contributed by atoms with E-state index in [-0.39, 0.29) is 0 Å². The van der Waals surface area contributed by atoms with Crippen molar-refractivity contribution in [3.63, 3.8) is 0 Å². The van der Waals surface area contributed by atoms with Gasteiger partial charge in [-0.3, -0.25) is 0 Å². The van der Waals surface area contributed by atoms with Gasteiger partial charge in [-0.2, -0.15) is 5.06 Å². The molecule has 0 atom stereocenters. The molecule has 1 heterocycles. The van der Waals surface area contributed by atoms with Crippen LogP contribution in [0.1, 0.15) is 5.56 Å². The number of hydrogen-bond acceptors (Lipinski definition) is 4. The van der Waals surface area contributed by atoms with E-state index >= 15 is 0 Å². The fourth-order valence-electron chi connectivity index (χ4n) is 1.01. The topological polar surface area (TPSA) is 45.6 Å². The molecule has 0 spiro atoms. The number of hydrogen-bond donors (Lipinski definition) is 1. The highest BCUT2D eigenvalue weighted by Crippen LogP contribution is 2.20. The molecule has 0 aliphatic heterocycles. The molecule has 0 aliphatic carbocycles. The lowest BCUT2D eigenvalue weighted by Crippen LogP contribution is -2.12. The number of hydroxylamine groups is 2. The Morgan fingerprint density at radius 3 is 2.92 bits per heavy atom. The first-order valence-corrected chi connectivity index (χ1v) is 4.51. The Morgan fingerprint density at radius 1 is 1.69 bits per heavy atom. The first-order chi connectivity index (χ1) is 6.13. The molecule has 0 radical (unpaired) electrons. The smallest absolute Gasteiger partial charge is 0.217 e. The van der Waals surface area contributed by atoms with Crippen LogP contribution in [0.5, 0.6) is 5.88 Å². The lowest BCUT2D eigenvalue weighted by molar-refractivity contribution is -0.0736. The van der Waals surface area contributed by atoms with Crippen molar-refractivity contribution < 1.29 is 9.94 Å². The van der Waals surface area contributed by atoms with Crippen LogP contribution in [0.2, 0.25) is 0 Å². The fraction of sp³-hybridized carbons (Fsp3) is 0.375. The monoisotopic (exact) mass is 246 g/mol. The number of aromatic nitrogens is 1. The number of pyridine rings is 1. The van der Waals surface area contributed by atoms with Gasteiger partial charge in [0.25, 0.3) is 0 Å². The predicted octanol–water partition coefficient (Wildman–Crippen LogP) is 1.67. The van der Waals surface area contributed by atoms with E-state index in [4.69, 9.17) is 9.94 Å². The van der Waals surface area contributed by atoms with Crippen LogP contribution < -0.4 is 4.74 Å². The highest BCUT2D eigenvalue weighted by atomic mass is 79.9. The van der Waals surface area contributed by atoms with Gasteiger partial charge >= 0.3 is 0 Å². The van der Waals surface area contributed by atoms with Gasteiger partial charge in [0, 0.05) is 23.3 Å². The molecule has 0 saturated carbocycles. The first kappa shape index (κ1) is 10.4. The Kier molecular flexibility index (Phi) is 3.65. The number of nitrogens with zero attached hydrogens (tertiary/aromatic N) is 2. The van der Waals surface area contributed by atoms with Gasteiger partial charge in [0.15, 0.2) is 0 Å². The van der Waals surface area contributed by atoms with Crippen LogP contribution in [0.25, 0.3) is 0 Å². The minimum absolute atomic E-state index is 0.385. The normalized spacial score (nSPS) is 10.5. The molecule has 1 aromatic rings. The third kappa shape index (κ3) is 2.95. The van der Waals surface area contributed by atoms with Crippen molar-refractivity contribution in [1.29, 1.82) is 0 Å². The van der Waals surface area contributed by atoms with Gasteiger partial charge < -0.3 is 9.94 Å². The Hall–Kier alpha value is -0.650. The minimum Gasteiger partial charge on any atom is -0.481 e. The van der Waals surface area contributed by atoms with Crippen molar-refractivity contribution in [3.05, 3.63) is 22.3 Å². The average Bonchev–Trinajstić information content (AvgIpc) is 2.03. The zero-order valence-electron chi connectivity index (χ0n) is 7.49. The fourth-order valence-corrected chi connectivity index (χ4v) is 1.39. The van der Waals surface area contributed by atoms with E-state index in [1.807, 2.05) is 6.07 Å². The minimum atomic E-state index is 0.385. The van der Waals surface area contributed by atoms with Crippen LogP contribution in [0.15, 0.2) is 16.7 Å². The summed E-state index contributed by atoms with van der Waals surface area (Å²) >= 11 is 3.30. The van der Waals surface area contributed by atoms with Gasteiger partial charge in [0.1, 0.15) is 0 Å². The molecular weight excluding hydrogens is 236 g/mol. The maximum Gasteiger partial charge on any atom is 0.217 e. The maximum absolute atomic E-state index is 9.05. The van der Waals surface area contributed by atoms with Gasteiger partial charge in [0.2, 0.25) is 5.88 Å². The predicted molar refractivity (Wildman–Crippen MR) is 51.7 cm³/mol. The van der Waals surface area contributed by atoms with Crippen LogP contribution in [-0.4, -0.2) is 29.4 Å². The van der Waals surface area contributed by atoms with E-state index in [0.29, 0.717) is 12.4 Å². The lowest BCUT2D eigenvalue weighted by atomic mass is 10.3. The summed E-state index contributed by atoms with van der Waals surface area (Å²) in [7, 11) is 3.12. The Morgan fingerprint density at radius 2 is 2.38 bits per heavy atom. The van der Waals surface area contributed by atoms with Crippen LogP contribution in [0.4, 0.5) is 0 Å². The van der Waals surface area contributed by atoms with E-state index in [1.165, 1.54) is 0 Å². The van der Waals surface area contributed by atoms with E-state index < -0.39 is 0 Å². The van der Waals surface area contributed by atoms with Crippen LogP contribution in [0, 0.1) is 0 Å². The highest BCUT2D eigenvalue weighted by Gasteiger charge is 2.06. The molecule has 0 fully saturated rings. The summed E-state index contributed by atoms with van der Waals surface area (Å²) in [5.41, 5.74) is 0.835. The molecule has 4 nitrogen and oxygen atoms in total. The molecule has 5 heteroatoms. The van der Waals surface area contributed by atoms with Gasteiger partial charge in [0.05, 0.1) is 13.7 Å². The molecular formula is C8H11BrN2O2. The van der Waals surface area contributed by atoms with Crippen molar-refractivity contribution in [2.45, 2.75) is 6.54 Å². The molecule has 13 heavy (non-hydrogen) atoms. The van der Waals surface area contributed by atoms with E-state index in [9.17, 15) is 0 Å². The zero-order valence-corrected chi connectivity index (χ0v) is 9.08. The quantitative estimate of drug-likeness (QED) is 0.825. The lowest BCUT2D eigenvalue weighted by Gasteiger charge is -2.11. The van der Waals surface area contributed by atoms with Crippen molar-refractivity contribution in [2.75, 3.05) is 14.2 Å². The first-order valence-electron chi connectivity index (χ1n) is 3.72. The third-order valence-electron chi connectivity index (χ3n) is 1.48. The van der Waals surface area contributed by atoms with Gasteiger partial charge in [-0.05, 0) is 22.0 Å². The highest BCUT2D eigenvalue weighted by molar-refractivity contribution is 9.10. The summed E-state index contributed by atoms with van der Waals surface area (Å²) in [6.45, 7) is 0.385. The molecule has 0 unspecified atom stereocenters. The molecule has 0 bridgehead atoms.